The Bertz CT molecular complexity index is 1130. The third-order valence-corrected chi connectivity index (χ3v) is 6.46. The number of allylic oxidation sites excluding steroid dienone is 1. The van der Waals surface area contributed by atoms with Crippen molar-refractivity contribution in [2.45, 2.75) is 12.8 Å². The predicted octanol–water partition coefficient (Wildman–Crippen LogP) is 3.87. The van der Waals surface area contributed by atoms with Gasteiger partial charge in [-0.1, -0.05) is 58.0 Å². The predicted molar refractivity (Wildman–Crippen MR) is 125 cm³/mol. The fraction of sp³-hybridized carbons (Fsp3) is 0.217. The minimum absolute atomic E-state index is 0.0271. The first-order valence-corrected chi connectivity index (χ1v) is 11.4. The van der Waals surface area contributed by atoms with Crippen molar-refractivity contribution in [1.29, 1.82) is 5.26 Å². The number of nitriles is 1. The number of benzene rings is 2. The van der Waals surface area contributed by atoms with E-state index in [0.717, 1.165) is 21.8 Å². The molecule has 0 fully saturated rings. The molecular weight excluding hydrogens is 494 g/mol. The second-order valence-electron chi connectivity index (χ2n) is 7.03. The molecule has 164 valence electrons. The van der Waals surface area contributed by atoms with Crippen LogP contribution in [0.5, 0.6) is 0 Å². The number of nitrogens with zero attached hydrogens (tertiary/aromatic N) is 1. The lowest BCUT2D eigenvalue weighted by Crippen LogP contribution is -2.44. The van der Waals surface area contributed by atoms with Crippen molar-refractivity contribution in [2.75, 3.05) is 18.2 Å². The van der Waals surface area contributed by atoms with Crippen LogP contribution in [-0.4, -0.2) is 30.6 Å². The molecule has 1 aliphatic heterocycles. The number of rotatable bonds is 6. The Labute approximate surface area is 198 Å². The molecule has 0 radical (unpaired) electrons. The number of amides is 2. The van der Waals surface area contributed by atoms with Crippen molar-refractivity contribution in [2.24, 2.45) is 5.92 Å². The highest BCUT2D eigenvalue weighted by molar-refractivity contribution is 9.10. The summed E-state index contributed by atoms with van der Waals surface area (Å²) in [6.45, 7) is 1.88. The van der Waals surface area contributed by atoms with E-state index in [1.807, 2.05) is 19.1 Å². The fourth-order valence-corrected chi connectivity index (χ4v) is 4.76. The van der Waals surface area contributed by atoms with Gasteiger partial charge in [0.25, 0.3) is 0 Å². The maximum Gasteiger partial charge on any atom is 0.319 e. The van der Waals surface area contributed by atoms with Crippen molar-refractivity contribution in [3.05, 3.63) is 74.7 Å². The lowest BCUT2D eigenvalue weighted by atomic mass is 9.78. The van der Waals surface area contributed by atoms with Crippen LogP contribution < -0.4 is 10.6 Å². The molecule has 1 heterocycles. The van der Waals surface area contributed by atoms with E-state index in [4.69, 9.17) is 4.74 Å². The number of methoxy groups -OCH3 is 1. The zero-order chi connectivity index (χ0) is 23.3. The Kier molecular flexibility index (Phi) is 7.72. The van der Waals surface area contributed by atoms with Crippen molar-refractivity contribution in [3.8, 4) is 6.07 Å². The molecule has 3 rings (SSSR count). The van der Waals surface area contributed by atoms with E-state index in [2.05, 4.69) is 32.6 Å². The Morgan fingerprint density at radius 3 is 2.59 bits per heavy atom. The molecule has 9 heteroatoms. The van der Waals surface area contributed by atoms with Crippen LogP contribution in [0.2, 0.25) is 0 Å². The Morgan fingerprint density at radius 1 is 1.25 bits per heavy atom. The molecule has 1 aliphatic rings. The monoisotopic (exact) mass is 513 g/mol. The van der Waals surface area contributed by atoms with Crippen LogP contribution in [0.15, 0.2) is 63.6 Å². The number of anilines is 1. The highest BCUT2D eigenvalue weighted by Crippen LogP contribution is 2.40. The highest BCUT2D eigenvalue weighted by Gasteiger charge is 2.44. The summed E-state index contributed by atoms with van der Waals surface area (Å²) in [6, 6.07) is 16.5. The van der Waals surface area contributed by atoms with E-state index in [0.29, 0.717) is 11.3 Å². The van der Waals surface area contributed by atoms with Gasteiger partial charge in [0.1, 0.15) is 5.92 Å². The van der Waals surface area contributed by atoms with Crippen LogP contribution in [0.1, 0.15) is 17.0 Å². The van der Waals surface area contributed by atoms with E-state index < -0.39 is 23.7 Å². The van der Waals surface area contributed by atoms with Gasteiger partial charge < -0.3 is 15.4 Å². The minimum Gasteiger partial charge on any atom is -0.468 e. The normalized spacial score (nSPS) is 17.9. The molecule has 32 heavy (non-hydrogen) atoms. The summed E-state index contributed by atoms with van der Waals surface area (Å²) in [7, 11) is 1.20. The molecule has 2 aromatic carbocycles. The first kappa shape index (κ1) is 23.6. The Balaban J connectivity index is 1.86. The van der Waals surface area contributed by atoms with E-state index in [-0.39, 0.29) is 22.3 Å². The van der Waals surface area contributed by atoms with Crippen LogP contribution in [0.4, 0.5) is 5.69 Å². The van der Waals surface area contributed by atoms with E-state index >= 15 is 0 Å². The standard InChI is InChI=1S/C23H20BrN3O4S/c1-13-10-15(24)8-9-17(13)26-18(28)12-32-22-16(11-25)19(14-6-4-3-5-7-14)20(21(29)27-22)23(30)31-2/h3-10,19-20H,12H2,1-2H3,(H,26,28)(H,27,29)/t19-,20-/m1/s1. The maximum atomic E-state index is 12.8. The molecule has 2 atom stereocenters. The van der Waals surface area contributed by atoms with E-state index in [1.165, 1.54) is 7.11 Å². The second-order valence-corrected chi connectivity index (χ2v) is 8.93. The van der Waals surface area contributed by atoms with Gasteiger partial charge in [0.2, 0.25) is 11.8 Å². The van der Waals surface area contributed by atoms with Crippen molar-refractivity contribution < 1.29 is 19.1 Å². The Morgan fingerprint density at radius 2 is 1.97 bits per heavy atom. The van der Waals surface area contributed by atoms with Crippen LogP contribution >= 0.6 is 27.7 Å². The van der Waals surface area contributed by atoms with Gasteiger partial charge in [-0.25, -0.2) is 0 Å². The third-order valence-electron chi connectivity index (χ3n) is 4.95. The number of thioether (sulfide) groups is 1. The van der Waals surface area contributed by atoms with E-state index in [9.17, 15) is 19.6 Å². The topological polar surface area (TPSA) is 108 Å². The molecule has 0 saturated heterocycles. The summed E-state index contributed by atoms with van der Waals surface area (Å²) < 4.78 is 5.72. The highest BCUT2D eigenvalue weighted by atomic mass is 79.9. The zero-order valence-corrected chi connectivity index (χ0v) is 19.7. The average Bonchev–Trinajstić information content (AvgIpc) is 2.79. The first-order valence-electron chi connectivity index (χ1n) is 9.62. The van der Waals surface area contributed by atoms with Crippen molar-refractivity contribution in [3.63, 3.8) is 0 Å². The molecular formula is C23H20BrN3O4S. The largest absolute Gasteiger partial charge is 0.468 e. The Hall–Kier alpha value is -3.09. The van der Waals surface area contributed by atoms with Gasteiger partial charge in [-0.05, 0) is 36.2 Å². The first-order chi connectivity index (χ1) is 15.3. The summed E-state index contributed by atoms with van der Waals surface area (Å²) in [5.74, 6) is -3.61. The van der Waals surface area contributed by atoms with Gasteiger partial charge in [-0.2, -0.15) is 5.26 Å². The lowest BCUT2D eigenvalue weighted by molar-refractivity contribution is -0.150. The second kappa shape index (κ2) is 10.5. The van der Waals surface area contributed by atoms with Gasteiger partial charge >= 0.3 is 5.97 Å². The van der Waals surface area contributed by atoms with Crippen molar-refractivity contribution >= 4 is 51.2 Å². The molecule has 0 spiro atoms. The van der Waals surface area contributed by atoms with Crippen LogP contribution in [0, 0.1) is 24.2 Å². The smallest absolute Gasteiger partial charge is 0.319 e. The molecule has 7 nitrogen and oxygen atoms in total. The fourth-order valence-electron chi connectivity index (χ4n) is 3.43. The van der Waals surface area contributed by atoms with Gasteiger partial charge in [-0.15, -0.1) is 0 Å². The number of nitrogens with one attached hydrogen (secondary N) is 2. The van der Waals surface area contributed by atoms with Crippen LogP contribution in [0.25, 0.3) is 0 Å². The van der Waals surface area contributed by atoms with E-state index in [1.54, 1.807) is 36.4 Å². The number of halogens is 1. The summed E-state index contributed by atoms with van der Waals surface area (Å²) in [5.41, 5.74) is 2.42. The third kappa shape index (κ3) is 5.21. The molecule has 2 aromatic rings. The molecule has 0 bridgehead atoms. The average molecular weight is 514 g/mol. The summed E-state index contributed by atoms with van der Waals surface area (Å²) >= 11 is 4.43. The number of ether oxygens (including phenoxy) is 1. The number of carbonyl (C=O) groups excluding carboxylic acids is 3. The van der Waals surface area contributed by atoms with Gasteiger partial charge in [-0.3, -0.25) is 14.4 Å². The SMILES string of the molecule is COC(=O)[C@H]1C(=O)NC(SCC(=O)Nc2ccc(Br)cc2C)=C(C#N)[C@H]1c1ccccc1. The molecule has 2 amide bonds. The number of hydrogen-bond acceptors (Lipinski definition) is 6. The minimum atomic E-state index is -1.19. The summed E-state index contributed by atoms with van der Waals surface area (Å²) in [6.07, 6.45) is 0. The quantitative estimate of drug-likeness (QED) is 0.448. The number of esters is 1. The van der Waals surface area contributed by atoms with Crippen LogP contribution in [-0.2, 0) is 19.1 Å². The van der Waals surface area contributed by atoms with Gasteiger partial charge in [0, 0.05) is 16.1 Å². The summed E-state index contributed by atoms with van der Waals surface area (Å²) in [5, 5.41) is 15.6. The van der Waals surface area contributed by atoms with Gasteiger partial charge in [0.15, 0.2) is 0 Å². The molecule has 2 N–H and O–H groups in total. The van der Waals surface area contributed by atoms with Crippen LogP contribution in [0.3, 0.4) is 0 Å². The zero-order valence-electron chi connectivity index (χ0n) is 17.3. The lowest BCUT2D eigenvalue weighted by Gasteiger charge is -2.30. The maximum absolute atomic E-state index is 12.8. The number of carbonyl (C=O) groups is 3. The number of hydrogen-bond donors (Lipinski definition) is 2. The number of aryl methyl sites for hydroxylation is 1. The summed E-state index contributed by atoms with van der Waals surface area (Å²) in [4.78, 5) is 37.7. The van der Waals surface area contributed by atoms with Crippen molar-refractivity contribution in [1.82, 2.24) is 5.32 Å². The molecule has 0 aliphatic carbocycles. The molecule has 0 unspecified atom stereocenters. The molecule has 0 saturated carbocycles. The molecule has 0 aromatic heterocycles. The van der Waals surface area contributed by atoms with Gasteiger partial charge in [0.05, 0.1) is 29.5 Å².